The van der Waals surface area contributed by atoms with Crippen molar-refractivity contribution in [2.75, 3.05) is 0 Å². The van der Waals surface area contributed by atoms with Crippen molar-refractivity contribution < 1.29 is 8.78 Å². The second-order valence-electron chi connectivity index (χ2n) is 2.52. The lowest BCUT2D eigenvalue weighted by Gasteiger charge is -2.01. The average Bonchev–Trinajstić information content (AvgIpc) is 2.17. The van der Waals surface area contributed by atoms with E-state index in [-0.39, 0.29) is 17.7 Å². The topological polar surface area (TPSA) is 60.5 Å². The summed E-state index contributed by atoms with van der Waals surface area (Å²) in [6.07, 6.45) is -2.80. The lowest BCUT2D eigenvalue weighted by atomic mass is 10.2. The first-order valence-corrected chi connectivity index (χ1v) is 3.73. The van der Waals surface area contributed by atoms with Gasteiger partial charge in [0, 0.05) is 0 Å². The lowest BCUT2D eigenvalue weighted by molar-refractivity contribution is 0.146. The van der Waals surface area contributed by atoms with Gasteiger partial charge in [-0.2, -0.15) is 10.5 Å². The number of rotatable bonds is 2. The number of aromatic nitrogens is 1. The van der Waals surface area contributed by atoms with Crippen LogP contribution in [0.2, 0.25) is 0 Å². The van der Waals surface area contributed by atoms with Gasteiger partial charge in [-0.3, -0.25) is 4.98 Å². The minimum absolute atomic E-state index is 0.0742. The van der Waals surface area contributed by atoms with Gasteiger partial charge in [0.1, 0.15) is 5.69 Å². The minimum Gasteiger partial charge on any atom is -0.251 e. The number of nitrogens with zero attached hydrogens (tertiary/aromatic N) is 3. The van der Waals surface area contributed by atoms with Crippen molar-refractivity contribution in [3.05, 3.63) is 29.1 Å². The summed E-state index contributed by atoms with van der Waals surface area (Å²) in [7, 11) is 0. The van der Waals surface area contributed by atoms with E-state index in [9.17, 15) is 8.78 Å². The van der Waals surface area contributed by atoms with E-state index < -0.39 is 12.1 Å². The minimum atomic E-state index is -2.72. The van der Waals surface area contributed by atoms with Gasteiger partial charge in [0.05, 0.1) is 29.8 Å². The van der Waals surface area contributed by atoms with Crippen LogP contribution in [0.4, 0.5) is 8.78 Å². The zero-order chi connectivity index (χ0) is 10.6. The largest absolute Gasteiger partial charge is 0.280 e. The molecule has 0 N–H and O–H groups in total. The third-order valence-corrected chi connectivity index (χ3v) is 1.51. The molecular weight excluding hydrogens is 188 g/mol. The van der Waals surface area contributed by atoms with Gasteiger partial charge in [-0.05, 0) is 12.1 Å². The summed E-state index contributed by atoms with van der Waals surface area (Å²) in [5, 5.41) is 16.9. The molecule has 0 aliphatic rings. The van der Waals surface area contributed by atoms with E-state index in [1.54, 1.807) is 12.1 Å². The molecule has 0 bridgehead atoms. The molecule has 5 heteroatoms. The van der Waals surface area contributed by atoms with Crippen molar-refractivity contribution in [1.29, 1.82) is 10.5 Å². The van der Waals surface area contributed by atoms with Gasteiger partial charge in [0.15, 0.2) is 0 Å². The van der Waals surface area contributed by atoms with Gasteiger partial charge in [0.2, 0.25) is 0 Å². The number of hydrogen-bond acceptors (Lipinski definition) is 3. The fraction of sp³-hybridized carbons (Fsp3) is 0.222. The lowest BCUT2D eigenvalue weighted by Crippen LogP contribution is -1.97. The van der Waals surface area contributed by atoms with Crippen molar-refractivity contribution >= 4 is 0 Å². The highest BCUT2D eigenvalue weighted by Crippen LogP contribution is 2.18. The van der Waals surface area contributed by atoms with Gasteiger partial charge in [-0.1, -0.05) is 0 Å². The van der Waals surface area contributed by atoms with Crippen molar-refractivity contribution in [2.45, 2.75) is 12.8 Å². The standard InChI is InChI=1S/C9H5F2N3/c10-9(11)8-4-6(5-13)3-7(14-8)1-2-12/h3-4,9H,1H2. The van der Waals surface area contributed by atoms with E-state index >= 15 is 0 Å². The SMILES string of the molecule is N#CCc1cc(C#N)cc(C(F)F)n1. The fourth-order valence-electron chi connectivity index (χ4n) is 0.959. The molecule has 0 aromatic carbocycles. The molecule has 0 amide bonds. The van der Waals surface area contributed by atoms with Crippen molar-refractivity contribution in [3.63, 3.8) is 0 Å². The Morgan fingerprint density at radius 2 is 2.07 bits per heavy atom. The summed E-state index contributed by atoms with van der Waals surface area (Å²) in [5.74, 6) is 0. The Kier molecular flexibility index (Phi) is 3.09. The molecule has 0 aliphatic carbocycles. The zero-order valence-corrected chi connectivity index (χ0v) is 7.04. The van der Waals surface area contributed by atoms with Gasteiger partial charge in [-0.25, -0.2) is 8.78 Å². The molecule has 0 aliphatic heterocycles. The molecule has 70 valence electrons. The second-order valence-corrected chi connectivity index (χ2v) is 2.52. The average molecular weight is 193 g/mol. The van der Waals surface area contributed by atoms with Crippen LogP contribution in [-0.2, 0) is 6.42 Å². The molecule has 0 saturated carbocycles. The van der Waals surface area contributed by atoms with Crippen LogP contribution in [0.25, 0.3) is 0 Å². The highest BCUT2D eigenvalue weighted by Gasteiger charge is 2.11. The monoisotopic (exact) mass is 193 g/mol. The fourth-order valence-corrected chi connectivity index (χ4v) is 0.959. The molecule has 3 nitrogen and oxygen atoms in total. The van der Waals surface area contributed by atoms with Crippen LogP contribution in [0.15, 0.2) is 12.1 Å². The third kappa shape index (κ3) is 2.24. The molecule has 1 aromatic rings. The Balaban J connectivity index is 3.16. The summed E-state index contributed by atoms with van der Waals surface area (Å²) in [5.41, 5.74) is -0.170. The van der Waals surface area contributed by atoms with Gasteiger partial charge in [-0.15, -0.1) is 0 Å². The van der Waals surface area contributed by atoms with E-state index in [0.717, 1.165) is 6.07 Å². The molecule has 0 spiro atoms. The van der Waals surface area contributed by atoms with E-state index in [2.05, 4.69) is 4.98 Å². The predicted molar refractivity (Wildman–Crippen MR) is 43.2 cm³/mol. The summed E-state index contributed by atoms with van der Waals surface area (Å²) in [6, 6.07) is 5.87. The van der Waals surface area contributed by atoms with Gasteiger partial charge >= 0.3 is 0 Å². The van der Waals surface area contributed by atoms with Crippen LogP contribution < -0.4 is 0 Å². The quantitative estimate of drug-likeness (QED) is 0.721. The van der Waals surface area contributed by atoms with E-state index in [1.165, 1.54) is 6.07 Å². The normalized spacial score (nSPS) is 9.50. The van der Waals surface area contributed by atoms with Crippen LogP contribution in [0.1, 0.15) is 23.4 Å². The van der Waals surface area contributed by atoms with E-state index in [1.807, 2.05) is 0 Å². The number of nitriles is 2. The maximum absolute atomic E-state index is 12.2. The number of hydrogen-bond donors (Lipinski definition) is 0. The molecular formula is C9H5F2N3. The van der Waals surface area contributed by atoms with Crippen LogP contribution in [0.3, 0.4) is 0 Å². The molecule has 14 heavy (non-hydrogen) atoms. The van der Waals surface area contributed by atoms with E-state index in [4.69, 9.17) is 10.5 Å². The zero-order valence-electron chi connectivity index (χ0n) is 7.04. The van der Waals surface area contributed by atoms with Crippen LogP contribution >= 0.6 is 0 Å². The molecule has 1 rings (SSSR count). The highest BCUT2D eigenvalue weighted by atomic mass is 19.3. The maximum Gasteiger partial charge on any atom is 0.280 e. The number of halogens is 2. The summed E-state index contributed by atoms with van der Waals surface area (Å²) >= 11 is 0. The first-order chi connectivity index (χ1) is 6.67. The van der Waals surface area contributed by atoms with Crippen molar-refractivity contribution in [1.82, 2.24) is 4.98 Å². The number of pyridine rings is 1. The number of alkyl halides is 2. The Morgan fingerprint density at radius 3 is 2.57 bits per heavy atom. The highest BCUT2D eigenvalue weighted by molar-refractivity contribution is 5.33. The molecule has 0 saturated heterocycles. The van der Waals surface area contributed by atoms with Gasteiger partial charge in [0.25, 0.3) is 6.43 Å². The van der Waals surface area contributed by atoms with Crippen LogP contribution in [0.5, 0.6) is 0 Å². The summed E-state index contributed by atoms with van der Waals surface area (Å²) < 4.78 is 24.5. The second kappa shape index (κ2) is 4.29. The van der Waals surface area contributed by atoms with Crippen LogP contribution in [-0.4, -0.2) is 4.98 Å². The first kappa shape index (κ1) is 10.1. The molecule has 1 heterocycles. The van der Waals surface area contributed by atoms with Crippen LogP contribution in [0, 0.1) is 22.7 Å². The summed E-state index contributed by atoms with van der Waals surface area (Å²) in [6.45, 7) is 0. The smallest absolute Gasteiger partial charge is 0.251 e. The Morgan fingerprint density at radius 1 is 1.36 bits per heavy atom. The Bertz CT molecular complexity index is 415. The van der Waals surface area contributed by atoms with Gasteiger partial charge < -0.3 is 0 Å². The predicted octanol–water partition coefficient (Wildman–Crippen LogP) is 1.96. The molecule has 1 aromatic heterocycles. The summed E-state index contributed by atoms with van der Waals surface area (Å²) in [4.78, 5) is 3.55. The van der Waals surface area contributed by atoms with Crippen molar-refractivity contribution in [3.8, 4) is 12.1 Å². The van der Waals surface area contributed by atoms with Crippen molar-refractivity contribution in [2.24, 2.45) is 0 Å². The molecule has 0 unspecified atom stereocenters. The Hall–Kier alpha value is -2.01. The maximum atomic E-state index is 12.2. The Labute approximate surface area is 79.2 Å². The molecule has 0 fully saturated rings. The first-order valence-electron chi connectivity index (χ1n) is 3.73. The molecule has 0 atom stereocenters. The van der Waals surface area contributed by atoms with E-state index in [0.29, 0.717) is 0 Å². The third-order valence-electron chi connectivity index (χ3n) is 1.51. The molecule has 0 radical (unpaired) electrons.